The Morgan fingerprint density at radius 3 is 2.30 bits per heavy atom. The van der Waals surface area contributed by atoms with Crippen LogP contribution in [0.15, 0.2) is 95.9 Å². The summed E-state index contributed by atoms with van der Waals surface area (Å²) in [4.78, 5) is 19.6. The van der Waals surface area contributed by atoms with Crippen LogP contribution in [0.1, 0.15) is 16.1 Å². The van der Waals surface area contributed by atoms with Crippen molar-refractivity contribution >= 4 is 44.4 Å². The largest absolute Gasteiger partial charge is 0.367 e. The van der Waals surface area contributed by atoms with Gasteiger partial charge in [0.05, 0.1) is 37.4 Å². The van der Waals surface area contributed by atoms with Gasteiger partial charge in [0.2, 0.25) is 0 Å². The summed E-state index contributed by atoms with van der Waals surface area (Å²) in [6.07, 6.45) is 1.19. The molecule has 0 atom stereocenters. The Kier molecular flexibility index (Phi) is 7.79. The molecule has 1 fully saturated rings. The molecule has 43 heavy (non-hydrogen) atoms. The monoisotopic (exact) mass is 627 g/mol. The zero-order valence-corrected chi connectivity index (χ0v) is 25.5. The van der Waals surface area contributed by atoms with Gasteiger partial charge in [0.15, 0.2) is 15.5 Å². The molecule has 216 valence electrons. The van der Waals surface area contributed by atoms with E-state index in [4.69, 9.17) is 16.7 Å². The number of nitriles is 1. The third-order valence-electron chi connectivity index (χ3n) is 7.35. The van der Waals surface area contributed by atoms with Crippen LogP contribution in [0.4, 0.5) is 5.69 Å². The molecule has 0 saturated carbocycles. The maximum Gasteiger partial charge on any atom is 0.274 e. The number of para-hydroxylation sites is 2. The Bertz CT molecular complexity index is 1990. The third-order valence-corrected chi connectivity index (χ3v) is 9.93. The average molecular weight is 628 g/mol. The molecule has 11 heteroatoms. The predicted molar refractivity (Wildman–Crippen MR) is 170 cm³/mol. The lowest BCUT2D eigenvalue weighted by Crippen LogP contribution is -2.49. The van der Waals surface area contributed by atoms with Gasteiger partial charge in [-0.15, -0.1) is 11.3 Å². The molecule has 0 radical (unpaired) electrons. The van der Waals surface area contributed by atoms with Gasteiger partial charge in [-0.1, -0.05) is 48.0 Å². The van der Waals surface area contributed by atoms with E-state index in [-0.39, 0.29) is 10.8 Å². The Labute approximate surface area is 258 Å². The first-order chi connectivity index (χ1) is 20.7. The first kappa shape index (κ1) is 28.7. The fourth-order valence-corrected chi connectivity index (χ4v) is 7.02. The summed E-state index contributed by atoms with van der Waals surface area (Å²) in [7, 11) is -3.35. The fraction of sp³-hybridized carbons (Fsp3) is 0.156. The van der Waals surface area contributed by atoms with E-state index in [1.54, 1.807) is 46.0 Å². The highest BCUT2D eigenvalue weighted by Gasteiger charge is 2.27. The number of piperazine rings is 1. The number of halogens is 1. The van der Waals surface area contributed by atoms with E-state index in [9.17, 15) is 18.5 Å². The minimum absolute atomic E-state index is 0.182. The maximum atomic E-state index is 13.7. The highest BCUT2D eigenvalue weighted by atomic mass is 35.5. The van der Waals surface area contributed by atoms with Gasteiger partial charge in [-0.25, -0.2) is 13.1 Å². The zero-order chi connectivity index (χ0) is 30.1. The first-order valence-corrected chi connectivity index (χ1v) is 16.6. The van der Waals surface area contributed by atoms with Crippen LogP contribution in [-0.2, 0) is 9.84 Å². The van der Waals surface area contributed by atoms with E-state index in [1.807, 2.05) is 54.6 Å². The highest BCUT2D eigenvalue weighted by Crippen LogP contribution is 2.37. The zero-order valence-electron chi connectivity index (χ0n) is 23.1. The van der Waals surface area contributed by atoms with Crippen molar-refractivity contribution in [1.82, 2.24) is 14.7 Å². The van der Waals surface area contributed by atoms with Gasteiger partial charge in [-0.2, -0.15) is 10.4 Å². The number of thiophene rings is 1. The van der Waals surface area contributed by atoms with Crippen molar-refractivity contribution in [3.63, 3.8) is 0 Å². The van der Waals surface area contributed by atoms with Crippen molar-refractivity contribution in [2.24, 2.45) is 0 Å². The molecule has 0 bridgehead atoms. The van der Waals surface area contributed by atoms with E-state index >= 15 is 0 Å². The summed E-state index contributed by atoms with van der Waals surface area (Å²) < 4.78 is 25.9. The van der Waals surface area contributed by atoms with Gasteiger partial charge in [0, 0.05) is 37.3 Å². The molecule has 3 aromatic carbocycles. The molecular formula is C32H26ClN5O3S2. The minimum atomic E-state index is -3.35. The van der Waals surface area contributed by atoms with Gasteiger partial charge in [-0.05, 0) is 60.2 Å². The highest BCUT2D eigenvalue weighted by molar-refractivity contribution is 7.90. The first-order valence-electron chi connectivity index (χ1n) is 13.5. The van der Waals surface area contributed by atoms with Gasteiger partial charge in [0.1, 0.15) is 6.07 Å². The number of carbonyl (C=O) groups excluding carboxylic acids is 1. The van der Waals surface area contributed by atoms with Gasteiger partial charge >= 0.3 is 0 Å². The summed E-state index contributed by atoms with van der Waals surface area (Å²) in [6, 6.07) is 29.6. The number of nitrogens with zero attached hydrogens (tertiary/aromatic N) is 5. The lowest BCUT2D eigenvalue weighted by Gasteiger charge is -2.36. The normalized spacial score (nSPS) is 13.6. The number of hydrogen-bond acceptors (Lipinski definition) is 7. The number of benzene rings is 3. The van der Waals surface area contributed by atoms with Crippen LogP contribution in [0.5, 0.6) is 0 Å². The molecule has 2 aromatic heterocycles. The number of amides is 1. The van der Waals surface area contributed by atoms with E-state index in [0.717, 1.165) is 21.0 Å². The number of sulfone groups is 1. The van der Waals surface area contributed by atoms with Crippen molar-refractivity contribution in [2.75, 3.05) is 37.3 Å². The van der Waals surface area contributed by atoms with E-state index < -0.39 is 9.84 Å². The lowest BCUT2D eigenvalue weighted by atomic mass is 10.1. The summed E-state index contributed by atoms with van der Waals surface area (Å²) in [5, 5.41) is 14.7. The fourth-order valence-electron chi connectivity index (χ4n) is 5.14. The number of aromatic nitrogens is 2. The second-order valence-corrected chi connectivity index (χ2v) is 13.7. The van der Waals surface area contributed by atoms with Crippen molar-refractivity contribution in [1.29, 1.82) is 5.26 Å². The quantitative estimate of drug-likeness (QED) is 0.224. The molecule has 8 nitrogen and oxygen atoms in total. The van der Waals surface area contributed by atoms with Crippen molar-refractivity contribution in [3.8, 4) is 32.8 Å². The molecule has 0 spiro atoms. The van der Waals surface area contributed by atoms with E-state index in [2.05, 4.69) is 11.0 Å². The molecule has 1 saturated heterocycles. The Hall–Kier alpha value is -4.43. The van der Waals surface area contributed by atoms with Crippen molar-refractivity contribution in [3.05, 3.63) is 107 Å². The molecule has 1 amide bonds. The van der Waals surface area contributed by atoms with Gasteiger partial charge < -0.3 is 9.80 Å². The Balaban J connectivity index is 1.31. The molecule has 6 rings (SSSR count). The van der Waals surface area contributed by atoms with Crippen LogP contribution in [0.25, 0.3) is 26.7 Å². The van der Waals surface area contributed by atoms with Crippen LogP contribution in [0.2, 0.25) is 5.02 Å². The summed E-state index contributed by atoms with van der Waals surface area (Å²) in [5.41, 5.74) is 3.92. The van der Waals surface area contributed by atoms with Crippen LogP contribution >= 0.6 is 22.9 Å². The minimum Gasteiger partial charge on any atom is -0.367 e. The SMILES string of the molecule is CS(=O)(=O)c1cccc(-c2ccc(-c3cc(C(=O)N4CCN(c5ccccc5C#N)CC4)nn3-c3ccccc3Cl)s2)c1. The Morgan fingerprint density at radius 2 is 1.58 bits per heavy atom. The second kappa shape index (κ2) is 11.7. The third kappa shape index (κ3) is 5.79. The summed E-state index contributed by atoms with van der Waals surface area (Å²) in [5.74, 6) is -0.182. The molecule has 1 aliphatic rings. The number of anilines is 1. The van der Waals surface area contributed by atoms with Crippen LogP contribution in [0.3, 0.4) is 0 Å². The molecule has 0 unspecified atom stereocenters. The van der Waals surface area contributed by atoms with Crippen LogP contribution in [0, 0.1) is 11.3 Å². The molecular weight excluding hydrogens is 602 g/mol. The smallest absolute Gasteiger partial charge is 0.274 e. The molecule has 3 heterocycles. The summed E-state index contributed by atoms with van der Waals surface area (Å²) >= 11 is 8.06. The number of carbonyl (C=O) groups is 1. The van der Waals surface area contributed by atoms with Crippen LogP contribution < -0.4 is 4.90 Å². The second-order valence-electron chi connectivity index (χ2n) is 10.2. The molecule has 0 aliphatic carbocycles. The average Bonchev–Trinajstić information content (AvgIpc) is 3.69. The molecule has 1 aliphatic heterocycles. The lowest BCUT2D eigenvalue weighted by molar-refractivity contribution is 0.0740. The van der Waals surface area contributed by atoms with Crippen molar-refractivity contribution in [2.45, 2.75) is 4.90 Å². The number of hydrogen-bond donors (Lipinski definition) is 0. The number of rotatable bonds is 6. The van der Waals surface area contributed by atoms with Crippen LogP contribution in [-0.4, -0.2) is 61.4 Å². The van der Waals surface area contributed by atoms with Crippen molar-refractivity contribution < 1.29 is 13.2 Å². The standard InChI is InChI=1S/C32H26ClN5O3S2/c1-43(40,41)24-9-6-8-22(19-24)30-13-14-31(42-30)29-20-26(35-38(29)28-12-5-3-10-25(28)33)32(39)37-17-15-36(16-18-37)27-11-4-2-7-23(27)21-34/h2-14,19-20H,15-18H2,1H3. The predicted octanol–water partition coefficient (Wildman–Crippen LogP) is 6.16. The van der Waals surface area contributed by atoms with Gasteiger partial charge in [0.25, 0.3) is 5.91 Å². The van der Waals surface area contributed by atoms with Gasteiger partial charge in [-0.3, -0.25) is 4.79 Å². The van der Waals surface area contributed by atoms with E-state index in [0.29, 0.717) is 53.8 Å². The molecule has 5 aromatic rings. The topological polar surface area (TPSA) is 99.3 Å². The summed E-state index contributed by atoms with van der Waals surface area (Å²) in [6.45, 7) is 2.19. The molecule has 0 N–H and O–H groups in total. The maximum absolute atomic E-state index is 13.7. The van der Waals surface area contributed by atoms with E-state index in [1.165, 1.54) is 17.6 Å². The Morgan fingerprint density at radius 1 is 0.884 bits per heavy atom.